The van der Waals surface area contributed by atoms with E-state index in [4.69, 9.17) is 9.26 Å². The number of morpholine rings is 1. The maximum Gasteiger partial charge on any atom is 0.229 e. The quantitative estimate of drug-likeness (QED) is 0.901. The highest BCUT2D eigenvalue weighted by molar-refractivity contribution is 5.00. The van der Waals surface area contributed by atoms with Crippen LogP contribution in [0, 0.1) is 0 Å². The molecule has 1 aliphatic heterocycles. The molecule has 112 valence electrons. The van der Waals surface area contributed by atoms with Crippen LogP contribution in [0.5, 0.6) is 0 Å². The van der Waals surface area contributed by atoms with Gasteiger partial charge in [0.15, 0.2) is 0 Å². The molecule has 2 fully saturated rings. The average Bonchev–Trinajstić information content (AvgIpc) is 2.97. The summed E-state index contributed by atoms with van der Waals surface area (Å²) in [7, 11) is 4.13. The van der Waals surface area contributed by atoms with Gasteiger partial charge in [-0.3, -0.25) is 0 Å². The van der Waals surface area contributed by atoms with Gasteiger partial charge in [0.25, 0.3) is 0 Å². The topological polar surface area (TPSA) is 63.4 Å². The minimum Gasteiger partial charge on any atom is -0.367 e. The molecule has 2 heterocycles. The molecule has 1 aromatic heterocycles. The molecule has 6 nitrogen and oxygen atoms in total. The minimum absolute atomic E-state index is 0.0418. The third-order valence-electron chi connectivity index (χ3n) is 4.50. The molecule has 1 saturated carbocycles. The molecule has 0 aromatic carbocycles. The molecule has 1 N–H and O–H groups in total. The normalized spacial score (nSPS) is 32.4. The van der Waals surface area contributed by atoms with E-state index in [2.05, 4.69) is 27.4 Å². The second kappa shape index (κ2) is 6.20. The van der Waals surface area contributed by atoms with Gasteiger partial charge in [-0.1, -0.05) is 5.16 Å². The highest BCUT2D eigenvalue weighted by atomic mass is 16.5. The van der Waals surface area contributed by atoms with Crippen LogP contribution in [-0.4, -0.2) is 54.9 Å². The molecule has 0 amide bonds. The molecule has 6 heteroatoms. The summed E-state index contributed by atoms with van der Waals surface area (Å²) in [5.74, 6) is 1.93. The monoisotopic (exact) mass is 280 g/mol. The van der Waals surface area contributed by atoms with Crippen LogP contribution in [0.25, 0.3) is 0 Å². The Bertz CT molecular complexity index is 429. The summed E-state index contributed by atoms with van der Waals surface area (Å²) in [4.78, 5) is 6.83. The summed E-state index contributed by atoms with van der Waals surface area (Å²) in [5.41, 5.74) is 0. The third kappa shape index (κ3) is 3.02. The number of likely N-dealkylation sites (N-methyl/N-ethyl adjacent to an activating group) is 1. The molecule has 2 aliphatic rings. The van der Waals surface area contributed by atoms with Gasteiger partial charge in [0.1, 0.15) is 6.10 Å². The summed E-state index contributed by atoms with van der Waals surface area (Å²) in [6.45, 7) is 2.54. The van der Waals surface area contributed by atoms with E-state index in [1.165, 1.54) is 12.8 Å². The van der Waals surface area contributed by atoms with Gasteiger partial charge in [-0.2, -0.15) is 4.98 Å². The summed E-state index contributed by atoms with van der Waals surface area (Å²) < 4.78 is 11.2. The molecule has 1 atom stereocenters. The molecule has 1 aromatic rings. The van der Waals surface area contributed by atoms with E-state index in [1.54, 1.807) is 0 Å². The molecule has 20 heavy (non-hydrogen) atoms. The predicted molar refractivity (Wildman–Crippen MR) is 74.5 cm³/mol. The van der Waals surface area contributed by atoms with E-state index in [0.717, 1.165) is 38.4 Å². The van der Waals surface area contributed by atoms with Crippen LogP contribution in [0.2, 0.25) is 0 Å². The van der Waals surface area contributed by atoms with Crippen molar-refractivity contribution >= 4 is 0 Å². The highest BCUT2D eigenvalue weighted by Gasteiger charge is 2.29. The Kier molecular flexibility index (Phi) is 4.33. The Morgan fingerprint density at radius 3 is 2.75 bits per heavy atom. The van der Waals surface area contributed by atoms with Crippen molar-refractivity contribution in [1.82, 2.24) is 20.4 Å². The molecular formula is C14H24N4O2. The maximum atomic E-state index is 5.73. The van der Waals surface area contributed by atoms with Crippen LogP contribution in [0.15, 0.2) is 4.52 Å². The Balaban J connectivity index is 1.62. The highest BCUT2D eigenvalue weighted by Crippen LogP contribution is 2.32. The van der Waals surface area contributed by atoms with Crippen molar-refractivity contribution < 1.29 is 9.26 Å². The standard InChI is InChI=1S/C14H24N4O2/c1-15-11-5-3-10(4-6-11)14-16-13(17-20-14)12-9-18(2)7-8-19-12/h10-12,15H,3-9H2,1-2H3. The van der Waals surface area contributed by atoms with Crippen LogP contribution in [0.1, 0.15) is 49.4 Å². The van der Waals surface area contributed by atoms with E-state index < -0.39 is 0 Å². The SMILES string of the molecule is CNC1CCC(c2nc(C3CN(C)CCO3)no2)CC1. The van der Waals surface area contributed by atoms with E-state index in [1.807, 2.05) is 7.05 Å². The van der Waals surface area contributed by atoms with Crippen molar-refractivity contribution in [1.29, 1.82) is 0 Å². The lowest BCUT2D eigenvalue weighted by molar-refractivity contribution is -0.0264. The summed E-state index contributed by atoms with van der Waals surface area (Å²) in [6, 6.07) is 0.643. The molecule has 0 spiro atoms. The number of rotatable bonds is 3. The van der Waals surface area contributed by atoms with E-state index in [0.29, 0.717) is 17.8 Å². The number of nitrogens with one attached hydrogen (secondary N) is 1. The Hall–Kier alpha value is -0.980. The van der Waals surface area contributed by atoms with Crippen molar-refractivity contribution in [3.8, 4) is 0 Å². The number of nitrogens with zero attached hydrogens (tertiary/aromatic N) is 3. The first-order valence-electron chi connectivity index (χ1n) is 7.57. The smallest absolute Gasteiger partial charge is 0.229 e. The fourth-order valence-electron chi connectivity index (χ4n) is 3.11. The van der Waals surface area contributed by atoms with Crippen molar-refractivity contribution in [3.63, 3.8) is 0 Å². The van der Waals surface area contributed by atoms with Gasteiger partial charge in [0, 0.05) is 25.0 Å². The lowest BCUT2D eigenvalue weighted by atomic mass is 9.86. The minimum atomic E-state index is -0.0418. The second-order valence-corrected chi connectivity index (χ2v) is 5.95. The Morgan fingerprint density at radius 2 is 2.05 bits per heavy atom. The van der Waals surface area contributed by atoms with Crippen LogP contribution < -0.4 is 5.32 Å². The van der Waals surface area contributed by atoms with Gasteiger partial charge in [-0.15, -0.1) is 0 Å². The number of hydrogen-bond acceptors (Lipinski definition) is 6. The van der Waals surface area contributed by atoms with Gasteiger partial charge in [-0.25, -0.2) is 0 Å². The van der Waals surface area contributed by atoms with E-state index in [-0.39, 0.29) is 6.10 Å². The largest absolute Gasteiger partial charge is 0.367 e. The summed E-state index contributed by atoms with van der Waals surface area (Å²) >= 11 is 0. The zero-order valence-corrected chi connectivity index (χ0v) is 12.3. The predicted octanol–water partition coefficient (Wildman–Crippen LogP) is 1.32. The van der Waals surface area contributed by atoms with Crippen LogP contribution >= 0.6 is 0 Å². The third-order valence-corrected chi connectivity index (χ3v) is 4.50. The first kappa shape index (κ1) is 14.0. The van der Waals surface area contributed by atoms with Crippen LogP contribution in [-0.2, 0) is 4.74 Å². The van der Waals surface area contributed by atoms with Crippen molar-refractivity contribution in [2.45, 2.75) is 43.7 Å². The number of aromatic nitrogens is 2. The van der Waals surface area contributed by atoms with Crippen LogP contribution in [0.4, 0.5) is 0 Å². The lowest BCUT2D eigenvalue weighted by Crippen LogP contribution is -2.35. The molecule has 1 unspecified atom stereocenters. The zero-order chi connectivity index (χ0) is 13.9. The van der Waals surface area contributed by atoms with E-state index >= 15 is 0 Å². The summed E-state index contributed by atoms with van der Waals surface area (Å²) in [6.07, 6.45) is 4.57. The fraction of sp³-hybridized carbons (Fsp3) is 0.857. The molecular weight excluding hydrogens is 256 g/mol. The maximum absolute atomic E-state index is 5.73. The van der Waals surface area contributed by atoms with Crippen molar-refractivity contribution in [2.75, 3.05) is 33.8 Å². The molecule has 0 bridgehead atoms. The van der Waals surface area contributed by atoms with Crippen LogP contribution in [0.3, 0.4) is 0 Å². The molecule has 3 rings (SSSR count). The van der Waals surface area contributed by atoms with Crippen molar-refractivity contribution in [3.05, 3.63) is 11.7 Å². The lowest BCUT2D eigenvalue weighted by Gasteiger charge is -2.28. The van der Waals surface area contributed by atoms with Gasteiger partial charge >= 0.3 is 0 Å². The zero-order valence-electron chi connectivity index (χ0n) is 12.3. The van der Waals surface area contributed by atoms with E-state index in [9.17, 15) is 0 Å². The Labute approximate surface area is 119 Å². The average molecular weight is 280 g/mol. The summed E-state index contributed by atoms with van der Waals surface area (Å²) in [5, 5.41) is 7.48. The van der Waals surface area contributed by atoms with Gasteiger partial charge in [0.2, 0.25) is 11.7 Å². The molecule has 1 aliphatic carbocycles. The first-order chi connectivity index (χ1) is 9.76. The van der Waals surface area contributed by atoms with Crippen molar-refractivity contribution in [2.24, 2.45) is 0 Å². The Morgan fingerprint density at radius 1 is 1.25 bits per heavy atom. The molecule has 0 radical (unpaired) electrons. The van der Waals surface area contributed by atoms with Gasteiger partial charge in [-0.05, 0) is 39.8 Å². The first-order valence-corrected chi connectivity index (χ1v) is 7.57. The second-order valence-electron chi connectivity index (χ2n) is 5.95. The molecule has 1 saturated heterocycles. The number of hydrogen-bond donors (Lipinski definition) is 1. The fourth-order valence-corrected chi connectivity index (χ4v) is 3.11. The van der Waals surface area contributed by atoms with Gasteiger partial charge in [0.05, 0.1) is 6.61 Å². The number of ether oxygens (including phenoxy) is 1. The van der Waals surface area contributed by atoms with Gasteiger partial charge < -0.3 is 19.5 Å².